The minimum Gasteiger partial charge on any atom is -0.330 e. The van der Waals surface area contributed by atoms with Crippen molar-refractivity contribution in [3.63, 3.8) is 0 Å². The Morgan fingerprint density at radius 1 is 1.07 bits per heavy atom. The van der Waals surface area contributed by atoms with Gasteiger partial charge in [-0.15, -0.1) is 10.2 Å². The van der Waals surface area contributed by atoms with Crippen LogP contribution in [0.15, 0.2) is 49.1 Å². The molecule has 1 fully saturated rings. The molecule has 0 atom stereocenters. The Hall–Kier alpha value is -2.47. The van der Waals surface area contributed by atoms with Crippen LogP contribution in [0.2, 0.25) is 0 Å². The topological polar surface area (TPSA) is 51.8 Å². The molecule has 27 heavy (non-hydrogen) atoms. The Labute approximate surface area is 160 Å². The van der Waals surface area contributed by atoms with Crippen molar-refractivity contribution in [3.8, 4) is 0 Å². The molecule has 0 N–H and O–H groups in total. The summed E-state index contributed by atoms with van der Waals surface area (Å²) in [5, 5.41) is 8.93. The molecule has 6 heteroatoms. The van der Waals surface area contributed by atoms with Crippen LogP contribution in [0.5, 0.6) is 0 Å². The van der Waals surface area contributed by atoms with Crippen molar-refractivity contribution < 1.29 is 0 Å². The summed E-state index contributed by atoms with van der Waals surface area (Å²) in [6.07, 6.45) is 10.3. The van der Waals surface area contributed by atoms with Gasteiger partial charge in [-0.3, -0.25) is 0 Å². The summed E-state index contributed by atoms with van der Waals surface area (Å²) in [6.45, 7) is 4.22. The number of nitrogens with zero attached hydrogens (tertiary/aromatic N) is 6. The van der Waals surface area contributed by atoms with E-state index in [0.29, 0.717) is 5.92 Å². The average Bonchev–Trinajstić information content (AvgIpc) is 3.34. The fraction of sp³-hybridized carbons (Fsp3) is 0.476. The van der Waals surface area contributed by atoms with Crippen LogP contribution in [0.1, 0.15) is 42.4 Å². The van der Waals surface area contributed by atoms with Gasteiger partial charge in [0.05, 0.1) is 12.9 Å². The fourth-order valence-electron chi connectivity index (χ4n) is 3.98. The number of imidazole rings is 1. The van der Waals surface area contributed by atoms with Crippen molar-refractivity contribution in [2.24, 2.45) is 7.05 Å². The van der Waals surface area contributed by atoms with E-state index in [0.717, 1.165) is 31.3 Å². The number of aromatic nitrogens is 5. The van der Waals surface area contributed by atoms with E-state index in [1.807, 2.05) is 17.1 Å². The van der Waals surface area contributed by atoms with Crippen molar-refractivity contribution in [1.29, 1.82) is 0 Å². The lowest BCUT2D eigenvalue weighted by Gasteiger charge is -2.31. The Balaban J connectivity index is 1.26. The highest BCUT2D eigenvalue weighted by atomic mass is 15.3. The van der Waals surface area contributed by atoms with Crippen molar-refractivity contribution >= 4 is 0 Å². The number of hydrogen-bond acceptors (Lipinski definition) is 4. The van der Waals surface area contributed by atoms with Crippen LogP contribution < -0.4 is 0 Å². The molecule has 3 heterocycles. The van der Waals surface area contributed by atoms with Crippen molar-refractivity contribution in [2.75, 3.05) is 19.6 Å². The lowest BCUT2D eigenvalue weighted by Crippen LogP contribution is -2.34. The molecule has 4 rings (SSSR count). The zero-order valence-corrected chi connectivity index (χ0v) is 16.0. The Morgan fingerprint density at radius 3 is 2.63 bits per heavy atom. The first-order valence-electron chi connectivity index (χ1n) is 9.90. The lowest BCUT2D eigenvalue weighted by atomic mass is 9.95. The maximum atomic E-state index is 4.51. The molecule has 0 bridgehead atoms. The highest BCUT2D eigenvalue weighted by molar-refractivity contribution is 5.14. The van der Waals surface area contributed by atoms with Gasteiger partial charge in [0.15, 0.2) is 5.82 Å². The standard InChI is InChI=1S/C21H28N6/c1-25-20(16-27-15-11-22-17-27)23-24-21(25)19-9-13-26(14-10-19)12-5-8-18-6-3-2-4-7-18/h2-4,6-7,11,15,17,19H,5,8-10,12-14,16H2,1H3. The molecule has 6 nitrogen and oxygen atoms in total. The van der Waals surface area contributed by atoms with Crippen LogP contribution in [0, 0.1) is 0 Å². The maximum absolute atomic E-state index is 4.51. The van der Waals surface area contributed by atoms with Gasteiger partial charge < -0.3 is 14.0 Å². The van der Waals surface area contributed by atoms with E-state index in [1.165, 1.54) is 37.8 Å². The van der Waals surface area contributed by atoms with E-state index in [9.17, 15) is 0 Å². The molecule has 0 spiro atoms. The van der Waals surface area contributed by atoms with Gasteiger partial charge in [0.25, 0.3) is 0 Å². The van der Waals surface area contributed by atoms with Crippen LogP contribution >= 0.6 is 0 Å². The first-order valence-corrected chi connectivity index (χ1v) is 9.90. The number of likely N-dealkylation sites (tertiary alicyclic amines) is 1. The predicted molar refractivity (Wildman–Crippen MR) is 106 cm³/mol. The molecule has 0 unspecified atom stereocenters. The molecule has 0 radical (unpaired) electrons. The molecule has 0 aliphatic carbocycles. The Kier molecular flexibility index (Phi) is 5.63. The maximum Gasteiger partial charge on any atom is 0.152 e. The van der Waals surface area contributed by atoms with Crippen LogP contribution in [-0.4, -0.2) is 48.8 Å². The van der Waals surface area contributed by atoms with Gasteiger partial charge in [-0.05, 0) is 50.9 Å². The monoisotopic (exact) mass is 364 g/mol. The largest absolute Gasteiger partial charge is 0.330 e. The molecule has 3 aromatic rings. The molecular weight excluding hydrogens is 336 g/mol. The van der Waals surface area contributed by atoms with Gasteiger partial charge in [-0.2, -0.15) is 0 Å². The Morgan fingerprint density at radius 2 is 1.89 bits per heavy atom. The van der Waals surface area contributed by atoms with Crippen molar-refractivity contribution in [3.05, 3.63) is 66.3 Å². The second-order valence-electron chi connectivity index (χ2n) is 7.47. The smallest absolute Gasteiger partial charge is 0.152 e. The zero-order chi connectivity index (χ0) is 18.5. The van der Waals surface area contributed by atoms with Crippen LogP contribution in [-0.2, 0) is 20.0 Å². The number of aryl methyl sites for hydroxylation is 1. The van der Waals surface area contributed by atoms with Crippen molar-refractivity contribution in [2.45, 2.75) is 38.1 Å². The van der Waals surface area contributed by atoms with Crippen molar-refractivity contribution in [1.82, 2.24) is 29.2 Å². The van der Waals surface area contributed by atoms with Gasteiger partial charge >= 0.3 is 0 Å². The molecule has 1 aromatic carbocycles. The quantitative estimate of drug-likeness (QED) is 0.647. The summed E-state index contributed by atoms with van der Waals surface area (Å²) in [5.41, 5.74) is 1.44. The summed E-state index contributed by atoms with van der Waals surface area (Å²) in [5.74, 6) is 2.65. The minimum absolute atomic E-state index is 0.518. The van der Waals surface area contributed by atoms with E-state index in [2.05, 4.69) is 62.0 Å². The molecule has 1 aliphatic heterocycles. The second kappa shape index (κ2) is 8.48. The van der Waals surface area contributed by atoms with E-state index >= 15 is 0 Å². The molecule has 1 aliphatic rings. The third-order valence-corrected chi connectivity index (χ3v) is 5.62. The first kappa shape index (κ1) is 17.9. The summed E-state index contributed by atoms with van der Waals surface area (Å²) < 4.78 is 4.21. The summed E-state index contributed by atoms with van der Waals surface area (Å²) in [6, 6.07) is 10.8. The van der Waals surface area contributed by atoms with Gasteiger partial charge in [0.2, 0.25) is 0 Å². The number of piperidine rings is 1. The summed E-state index contributed by atoms with van der Waals surface area (Å²) in [7, 11) is 2.09. The first-order chi connectivity index (χ1) is 13.3. The van der Waals surface area contributed by atoms with E-state index in [4.69, 9.17) is 0 Å². The van der Waals surface area contributed by atoms with Gasteiger partial charge in [-0.25, -0.2) is 4.98 Å². The SMILES string of the molecule is Cn1c(Cn2ccnc2)nnc1C1CCN(CCCc2ccccc2)CC1. The van der Waals surface area contributed by atoms with Crippen LogP contribution in [0.25, 0.3) is 0 Å². The highest BCUT2D eigenvalue weighted by Gasteiger charge is 2.24. The Bertz CT molecular complexity index is 816. The van der Waals surface area contributed by atoms with Crippen LogP contribution in [0.4, 0.5) is 0 Å². The van der Waals surface area contributed by atoms with E-state index < -0.39 is 0 Å². The molecular formula is C21H28N6. The second-order valence-corrected chi connectivity index (χ2v) is 7.47. The van der Waals surface area contributed by atoms with E-state index in [1.54, 1.807) is 6.20 Å². The molecule has 142 valence electrons. The number of rotatable bonds is 7. The molecule has 0 saturated carbocycles. The zero-order valence-electron chi connectivity index (χ0n) is 16.0. The number of hydrogen-bond donors (Lipinski definition) is 0. The van der Waals surface area contributed by atoms with Gasteiger partial charge in [-0.1, -0.05) is 30.3 Å². The third kappa shape index (κ3) is 4.45. The highest BCUT2D eigenvalue weighted by Crippen LogP contribution is 2.27. The molecule has 0 amide bonds. The fourth-order valence-corrected chi connectivity index (χ4v) is 3.98. The van der Waals surface area contributed by atoms with Gasteiger partial charge in [0.1, 0.15) is 5.82 Å². The van der Waals surface area contributed by atoms with E-state index in [-0.39, 0.29) is 0 Å². The third-order valence-electron chi connectivity index (χ3n) is 5.62. The number of benzene rings is 1. The molecule has 1 saturated heterocycles. The lowest BCUT2D eigenvalue weighted by molar-refractivity contribution is 0.206. The van der Waals surface area contributed by atoms with Gasteiger partial charge in [0, 0.05) is 25.4 Å². The average molecular weight is 364 g/mol. The summed E-state index contributed by atoms with van der Waals surface area (Å²) >= 11 is 0. The summed E-state index contributed by atoms with van der Waals surface area (Å²) in [4.78, 5) is 6.70. The minimum atomic E-state index is 0.518. The van der Waals surface area contributed by atoms with Crippen LogP contribution in [0.3, 0.4) is 0 Å². The molecule has 2 aromatic heterocycles. The predicted octanol–water partition coefficient (Wildman–Crippen LogP) is 2.87. The normalized spacial score (nSPS) is 16.0.